The SMILES string of the molecule is O=C(O)c1ccc([N+](=O)[O-])c(Nc2ccc(F)c(Br)c2)n1. The average Bonchev–Trinajstić information content (AvgIpc) is 2.42. The first-order valence-corrected chi connectivity index (χ1v) is 6.28. The van der Waals surface area contributed by atoms with Gasteiger partial charge in [-0.3, -0.25) is 10.1 Å². The van der Waals surface area contributed by atoms with Crippen LogP contribution in [0.2, 0.25) is 0 Å². The monoisotopic (exact) mass is 355 g/mol. The van der Waals surface area contributed by atoms with Crippen molar-refractivity contribution in [2.75, 3.05) is 5.32 Å². The van der Waals surface area contributed by atoms with Gasteiger partial charge in [0.05, 0.1) is 9.40 Å². The van der Waals surface area contributed by atoms with Crippen molar-refractivity contribution in [1.29, 1.82) is 0 Å². The molecule has 108 valence electrons. The largest absolute Gasteiger partial charge is 0.477 e. The van der Waals surface area contributed by atoms with Crippen LogP contribution >= 0.6 is 15.9 Å². The number of carboxylic acids is 1. The van der Waals surface area contributed by atoms with Crippen molar-refractivity contribution >= 4 is 39.1 Å². The molecule has 21 heavy (non-hydrogen) atoms. The van der Waals surface area contributed by atoms with Gasteiger partial charge >= 0.3 is 11.7 Å². The van der Waals surface area contributed by atoms with Crippen LogP contribution < -0.4 is 5.32 Å². The van der Waals surface area contributed by atoms with Crippen LogP contribution in [0.4, 0.5) is 21.6 Å². The molecule has 0 radical (unpaired) electrons. The Morgan fingerprint density at radius 2 is 2.10 bits per heavy atom. The molecule has 0 saturated carbocycles. The predicted octanol–water partition coefficient (Wildman–Crippen LogP) is 3.33. The normalized spacial score (nSPS) is 10.2. The molecule has 0 spiro atoms. The van der Waals surface area contributed by atoms with Crippen molar-refractivity contribution in [1.82, 2.24) is 4.98 Å². The lowest BCUT2D eigenvalue weighted by Crippen LogP contribution is -2.06. The van der Waals surface area contributed by atoms with Gasteiger partial charge in [-0.1, -0.05) is 0 Å². The number of anilines is 2. The molecule has 0 amide bonds. The minimum absolute atomic E-state index is 0.157. The molecule has 1 aromatic heterocycles. The second-order valence-electron chi connectivity index (χ2n) is 3.88. The van der Waals surface area contributed by atoms with E-state index in [-0.39, 0.29) is 21.7 Å². The molecule has 0 aliphatic carbocycles. The molecule has 2 N–H and O–H groups in total. The Hall–Kier alpha value is -2.55. The molecule has 0 fully saturated rings. The standard InChI is InChI=1S/C12H7BrFN3O4/c13-7-5-6(1-2-8(7)14)15-11-10(17(20)21)4-3-9(16-11)12(18)19/h1-5H,(H,15,16)(H,18,19). The minimum atomic E-state index is -1.31. The number of carboxylic acid groups (broad SMARTS) is 1. The Balaban J connectivity index is 2.45. The summed E-state index contributed by atoms with van der Waals surface area (Å²) in [6.45, 7) is 0. The Morgan fingerprint density at radius 3 is 2.67 bits per heavy atom. The maximum absolute atomic E-state index is 13.1. The van der Waals surface area contributed by atoms with Crippen LogP contribution in [0, 0.1) is 15.9 Å². The van der Waals surface area contributed by atoms with E-state index in [1.165, 1.54) is 12.1 Å². The molecule has 0 bridgehead atoms. The van der Waals surface area contributed by atoms with E-state index in [0.717, 1.165) is 18.2 Å². The molecule has 9 heteroatoms. The van der Waals surface area contributed by atoms with Crippen molar-refractivity contribution < 1.29 is 19.2 Å². The lowest BCUT2D eigenvalue weighted by Gasteiger charge is -2.07. The third-order valence-electron chi connectivity index (χ3n) is 2.47. The van der Waals surface area contributed by atoms with Crippen LogP contribution in [0.25, 0.3) is 0 Å². The van der Waals surface area contributed by atoms with Crippen molar-refractivity contribution in [3.63, 3.8) is 0 Å². The van der Waals surface area contributed by atoms with Gasteiger partial charge in [0, 0.05) is 11.8 Å². The number of pyridine rings is 1. The molecule has 2 aromatic rings. The highest BCUT2D eigenvalue weighted by atomic mass is 79.9. The number of rotatable bonds is 4. The van der Waals surface area contributed by atoms with Crippen LogP contribution in [0.3, 0.4) is 0 Å². The Labute approximate surface area is 125 Å². The highest BCUT2D eigenvalue weighted by Crippen LogP contribution is 2.28. The number of hydrogen-bond donors (Lipinski definition) is 2. The zero-order chi connectivity index (χ0) is 15.6. The third-order valence-corrected chi connectivity index (χ3v) is 3.08. The number of hydrogen-bond acceptors (Lipinski definition) is 5. The second-order valence-corrected chi connectivity index (χ2v) is 4.73. The molecule has 1 heterocycles. The number of halogens is 2. The van der Waals surface area contributed by atoms with E-state index in [1.54, 1.807) is 0 Å². The van der Waals surface area contributed by atoms with Crippen molar-refractivity contribution in [3.8, 4) is 0 Å². The summed E-state index contributed by atoms with van der Waals surface area (Å²) in [4.78, 5) is 24.8. The van der Waals surface area contributed by atoms with E-state index in [1.807, 2.05) is 0 Å². The van der Waals surface area contributed by atoms with E-state index < -0.39 is 16.7 Å². The fourth-order valence-electron chi connectivity index (χ4n) is 1.52. The molecule has 0 aliphatic rings. The van der Waals surface area contributed by atoms with E-state index in [9.17, 15) is 19.3 Å². The quantitative estimate of drug-likeness (QED) is 0.643. The van der Waals surface area contributed by atoms with Crippen LogP contribution in [0.15, 0.2) is 34.8 Å². The Kier molecular flexibility index (Phi) is 4.13. The van der Waals surface area contributed by atoms with Gasteiger partial charge in [-0.25, -0.2) is 14.2 Å². The number of benzene rings is 1. The number of carbonyl (C=O) groups is 1. The maximum Gasteiger partial charge on any atom is 0.354 e. The fraction of sp³-hybridized carbons (Fsp3) is 0. The number of nitro groups is 1. The fourth-order valence-corrected chi connectivity index (χ4v) is 1.90. The molecule has 0 atom stereocenters. The lowest BCUT2D eigenvalue weighted by atomic mass is 10.3. The smallest absolute Gasteiger partial charge is 0.354 e. The van der Waals surface area contributed by atoms with E-state index in [4.69, 9.17) is 5.11 Å². The van der Waals surface area contributed by atoms with Crippen LogP contribution in [-0.2, 0) is 0 Å². The molecule has 0 saturated heterocycles. The van der Waals surface area contributed by atoms with Gasteiger partial charge in [0.25, 0.3) is 0 Å². The summed E-state index contributed by atoms with van der Waals surface area (Å²) in [5, 5.41) is 22.4. The molecular weight excluding hydrogens is 349 g/mol. The highest BCUT2D eigenvalue weighted by molar-refractivity contribution is 9.10. The van der Waals surface area contributed by atoms with Gasteiger partial charge in [-0.05, 0) is 40.2 Å². The second kappa shape index (κ2) is 5.83. The van der Waals surface area contributed by atoms with Gasteiger partial charge in [0.1, 0.15) is 5.82 Å². The maximum atomic E-state index is 13.1. The topological polar surface area (TPSA) is 105 Å². The molecule has 1 aromatic carbocycles. The van der Waals surface area contributed by atoms with Crippen LogP contribution in [-0.4, -0.2) is 21.0 Å². The van der Waals surface area contributed by atoms with Crippen molar-refractivity contribution in [2.45, 2.75) is 0 Å². The molecular formula is C12H7BrFN3O4. The zero-order valence-electron chi connectivity index (χ0n) is 10.2. The van der Waals surface area contributed by atoms with Crippen molar-refractivity contribution in [3.05, 3.63) is 56.4 Å². The van der Waals surface area contributed by atoms with E-state index in [2.05, 4.69) is 26.2 Å². The summed E-state index contributed by atoms with van der Waals surface area (Å²) in [5.74, 6) is -2.05. The van der Waals surface area contributed by atoms with Crippen molar-refractivity contribution in [2.24, 2.45) is 0 Å². The first kappa shape index (κ1) is 14.9. The summed E-state index contributed by atoms with van der Waals surface area (Å²) in [7, 11) is 0. The first-order valence-electron chi connectivity index (χ1n) is 5.49. The molecule has 2 rings (SSSR count). The minimum Gasteiger partial charge on any atom is -0.477 e. The predicted molar refractivity (Wildman–Crippen MR) is 75.2 cm³/mol. The van der Waals surface area contributed by atoms with Gasteiger partial charge in [0.2, 0.25) is 5.82 Å². The van der Waals surface area contributed by atoms with Crippen LogP contribution in [0.5, 0.6) is 0 Å². The zero-order valence-corrected chi connectivity index (χ0v) is 11.8. The summed E-state index contributed by atoms with van der Waals surface area (Å²) < 4.78 is 13.3. The van der Waals surface area contributed by atoms with Gasteiger partial charge in [-0.2, -0.15) is 0 Å². The molecule has 0 unspecified atom stereocenters. The lowest BCUT2D eigenvalue weighted by molar-refractivity contribution is -0.384. The summed E-state index contributed by atoms with van der Waals surface area (Å²) in [6.07, 6.45) is 0. The summed E-state index contributed by atoms with van der Waals surface area (Å²) >= 11 is 2.98. The van der Waals surface area contributed by atoms with Gasteiger partial charge in [0.15, 0.2) is 5.69 Å². The highest BCUT2D eigenvalue weighted by Gasteiger charge is 2.18. The molecule has 0 aliphatic heterocycles. The van der Waals surface area contributed by atoms with E-state index >= 15 is 0 Å². The Bertz CT molecular complexity index is 738. The summed E-state index contributed by atoms with van der Waals surface area (Å²) in [5.41, 5.74) is -0.411. The van der Waals surface area contributed by atoms with Gasteiger partial charge in [-0.15, -0.1) is 0 Å². The third kappa shape index (κ3) is 3.31. The number of aromatic nitrogens is 1. The average molecular weight is 356 g/mol. The summed E-state index contributed by atoms with van der Waals surface area (Å²) in [6, 6.07) is 5.93. The molecule has 7 nitrogen and oxygen atoms in total. The number of nitrogens with one attached hydrogen (secondary N) is 1. The van der Waals surface area contributed by atoms with Crippen LogP contribution in [0.1, 0.15) is 10.5 Å². The first-order chi connectivity index (χ1) is 9.88. The number of aromatic carboxylic acids is 1. The Morgan fingerprint density at radius 1 is 1.38 bits per heavy atom. The number of nitrogens with zero attached hydrogens (tertiary/aromatic N) is 2. The van der Waals surface area contributed by atoms with E-state index in [0.29, 0.717) is 5.69 Å². The van der Waals surface area contributed by atoms with Gasteiger partial charge < -0.3 is 10.4 Å².